The Labute approximate surface area is 180 Å². The second kappa shape index (κ2) is 7.79. The predicted octanol–water partition coefficient (Wildman–Crippen LogP) is 4.15. The molecule has 1 saturated heterocycles. The maximum absolute atomic E-state index is 11.7. The Balaban J connectivity index is 1.28. The molecule has 0 unspecified atom stereocenters. The number of piperidine rings is 1. The summed E-state index contributed by atoms with van der Waals surface area (Å²) in [5.74, 6) is 1.90. The van der Waals surface area contributed by atoms with Crippen molar-refractivity contribution in [3.05, 3.63) is 41.3 Å². The lowest BCUT2D eigenvalue weighted by molar-refractivity contribution is 0.321. The molecule has 0 amide bonds. The van der Waals surface area contributed by atoms with Gasteiger partial charge in [0, 0.05) is 24.8 Å². The molecule has 1 aliphatic heterocycles. The van der Waals surface area contributed by atoms with Crippen LogP contribution in [0.3, 0.4) is 0 Å². The number of fused-ring (bicyclic) bond motifs is 1. The highest BCUT2D eigenvalue weighted by atomic mass is 32.2. The molecular weight excluding hydrogens is 418 g/mol. The molecule has 1 aromatic carbocycles. The third-order valence-electron chi connectivity index (χ3n) is 5.78. The summed E-state index contributed by atoms with van der Waals surface area (Å²) in [5.41, 5.74) is 3.15. The zero-order valence-corrected chi connectivity index (χ0v) is 18.5. The minimum atomic E-state index is -3.09. The van der Waals surface area contributed by atoms with Crippen LogP contribution in [0.1, 0.15) is 37.2 Å². The van der Waals surface area contributed by atoms with Gasteiger partial charge in [0.05, 0.1) is 16.5 Å². The van der Waals surface area contributed by atoms with Crippen LogP contribution in [0, 0.1) is 0 Å². The van der Waals surface area contributed by atoms with Crippen LogP contribution in [0.15, 0.2) is 35.7 Å². The van der Waals surface area contributed by atoms with Crippen molar-refractivity contribution >= 4 is 49.0 Å². The van der Waals surface area contributed by atoms with Gasteiger partial charge in [-0.15, -0.1) is 11.3 Å². The highest BCUT2D eigenvalue weighted by Gasteiger charge is 2.26. The third-order valence-corrected chi connectivity index (χ3v) is 8.00. The molecule has 0 atom stereocenters. The molecule has 3 aromatic rings. The van der Waals surface area contributed by atoms with Gasteiger partial charge in [-0.25, -0.2) is 17.7 Å². The van der Waals surface area contributed by atoms with Gasteiger partial charge in [-0.05, 0) is 60.7 Å². The molecule has 1 saturated carbocycles. The first kappa shape index (κ1) is 19.7. The molecule has 5 rings (SSSR count). The summed E-state index contributed by atoms with van der Waals surface area (Å²) in [6.45, 7) is 1.18. The summed E-state index contributed by atoms with van der Waals surface area (Å²) in [4.78, 5) is 9.36. The van der Waals surface area contributed by atoms with Crippen molar-refractivity contribution in [2.45, 2.75) is 37.6 Å². The zero-order chi connectivity index (χ0) is 20.7. The summed E-state index contributed by atoms with van der Waals surface area (Å²) in [7, 11) is -3.09. The van der Waals surface area contributed by atoms with Gasteiger partial charge in [0.1, 0.15) is 5.82 Å². The van der Waals surface area contributed by atoms with Crippen LogP contribution in [0.25, 0.3) is 10.2 Å². The van der Waals surface area contributed by atoms with E-state index in [1.54, 1.807) is 15.6 Å². The van der Waals surface area contributed by atoms with E-state index in [0.717, 1.165) is 34.6 Å². The van der Waals surface area contributed by atoms with Crippen molar-refractivity contribution in [3.63, 3.8) is 0 Å². The lowest BCUT2D eigenvalue weighted by Crippen LogP contribution is -2.37. The Morgan fingerprint density at radius 1 is 1.03 bits per heavy atom. The van der Waals surface area contributed by atoms with Gasteiger partial charge in [-0.1, -0.05) is 12.1 Å². The number of anilines is 3. The highest BCUT2D eigenvalue weighted by Crippen LogP contribution is 2.33. The van der Waals surface area contributed by atoms with Gasteiger partial charge in [-0.2, -0.15) is 4.98 Å². The van der Waals surface area contributed by atoms with E-state index in [4.69, 9.17) is 4.98 Å². The van der Waals surface area contributed by atoms with Crippen LogP contribution in [0.2, 0.25) is 0 Å². The molecule has 0 bridgehead atoms. The quantitative estimate of drug-likeness (QED) is 0.595. The van der Waals surface area contributed by atoms with Gasteiger partial charge < -0.3 is 10.6 Å². The van der Waals surface area contributed by atoms with Crippen LogP contribution in [0.4, 0.5) is 17.5 Å². The van der Waals surface area contributed by atoms with E-state index in [9.17, 15) is 8.42 Å². The van der Waals surface area contributed by atoms with Gasteiger partial charge >= 0.3 is 0 Å². The van der Waals surface area contributed by atoms with E-state index >= 15 is 0 Å². The Kier molecular flexibility index (Phi) is 5.12. The molecule has 3 heterocycles. The van der Waals surface area contributed by atoms with E-state index in [2.05, 4.69) is 27.8 Å². The van der Waals surface area contributed by atoms with Crippen molar-refractivity contribution in [3.8, 4) is 0 Å². The molecule has 0 spiro atoms. The molecule has 30 heavy (non-hydrogen) atoms. The lowest BCUT2D eigenvalue weighted by atomic mass is 9.90. The Morgan fingerprint density at radius 2 is 1.77 bits per heavy atom. The van der Waals surface area contributed by atoms with Gasteiger partial charge in [0.25, 0.3) is 0 Å². The van der Waals surface area contributed by atoms with E-state index < -0.39 is 10.0 Å². The fraction of sp³-hybridized carbons (Fsp3) is 0.429. The first-order valence-electron chi connectivity index (χ1n) is 10.3. The number of thiophene rings is 1. The molecule has 1 aliphatic carbocycles. The van der Waals surface area contributed by atoms with Crippen molar-refractivity contribution in [1.29, 1.82) is 0 Å². The molecule has 7 nitrogen and oxygen atoms in total. The topological polar surface area (TPSA) is 87.2 Å². The fourth-order valence-corrected chi connectivity index (χ4v) is 5.58. The van der Waals surface area contributed by atoms with Crippen molar-refractivity contribution in [1.82, 2.24) is 14.3 Å². The lowest BCUT2D eigenvalue weighted by Gasteiger charge is -2.30. The maximum atomic E-state index is 11.7. The van der Waals surface area contributed by atoms with Crippen molar-refractivity contribution < 1.29 is 8.42 Å². The zero-order valence-electron chi connectivity index (χ0n) is 16.8. The smallest absolute Gasteiger partial charge is 0.229 e. The summed E-state index contributed by atoms with van der Waals surface area (Å²) in [5, 5.41) is 8.89. The Hall–Kier alpha value is -2.23. The van der Waals surface area contributed by atoms with Gasteiger partial charge in [-0.3, -0.25) is 0 Å². The van der Waals surface area contributed by atoms with Gasteiger partial charge in [0.2, 0.25) is 16.0 Å². The minimum Gasteiger partial charge on any atom is -0.366 e. The average Bonchev–Trinajstić information content (AvgIpc) is 3.41. The second-order valence-electron chi connectivity index (χ2n) is 8.13. The van der Waals surface area contributed by atoms with Crippen LogP contribution in [-0.4, -0.2) is 48.1 Å². The largest absolute Gasteiger partial charge is 0.366 e. The first-order chi connectivity index (χ1) is 14.5. The summed E-state index contributed by atoms with van der Waals surface area (Å²) < 4.78 is 26.1. The number of aromatic nitrogens is 2. The number of rotatable bonds is 6. The number of benzene rings is 1. The number of hydrogen-bond acceptors (Lipinski definition) is 7. The van der Waals surface area contributed by atoms with E-state index in [1.165, 1.54) is 24.7 Å². The average molecular weight is 444 g/mol. The molecule has 2 aromatic heterocycles. The number of nitrogens with one attached hydrogen (secondary N) is 2. The van der Waals surface area contributed by atoms with E-state index in [-0.39, 0.29) is 0 Å². The predicted molar refractivity (Wildman–Crippen MR) is 122 cm³/mol. The highest BCUT2D eigenvalue weighted by molar-refractivity contribution is 7.88. The van der Waals surface area contributed by atoms with Crippen LogP contribution in [0.5, 0.6) is 0 Å². The van der Waals surface area contributed by atoms with Crippen molar-refractivity contribution in [2.24, 2.45) is 0 Å². The van der Waals surface area contributed by atoms with Crippen molar-refractivity contribution in [2.75, 3.05) is 30.0 Å². The maximum Gasteiger partial charge on any atom is 0.229 e. The molecule has 0 radical (unpaired) electrons. The molecule has 9 heteroatoms. The number of nitrogens with zero attached hydrogens (tertiary/aromatic N) is 3. The number of sulfonamides is 1. The number of hydrogen-bond donors (Lipinski definition) is 2. The summed E-state index contributed by atoms with van der Waals surface area (Å²) in [6, 6.07) is 10.9. The molecule has 2 fully saturated rings. The third kappa shape index (κ3) is 4.28. The standard InChI is InChI=1S/C21H25N5O2S2/c1-30(27,28)26-11-8-15(9-12-26)14-2-4-17(5-3-14)23-21-24-18-10-13-29-19(18)20(25-21)22-16-6-7-16/h2-5,10,13,15-16H,6-9,11-12H2,1H3,(H2,22,23,24,25). The van der Waals surface area contributed by atoms with Crippen LogP contribution in [-0.2, 0) is 10.0 Å². The Bertz CT molecular complexity index is 1150. The van der Waals surface area contributed by atoms with Gasteiger partial charge in [0.15, 0.2) is 0 Å². The normalized spacial score (nSPS) is 18.6. The van der Waals surface area contributed by atoms with E-state index in [1.807, 2.05) is 23.6 Å². The molecule has 158 valence electrons. The minimum absolute atomic E-state index is 0.393. The Morgan fingerprint density at radius 3 is 2.43 bits per heavy atom. The molecular formula is C21H25N5O2S2. The van der Waals surface area contributed by atoms with Crippen LogP contribution >= 0.6 is 11.3 Å². The van der Waals surface area contributed by atoms with Crippen LogP contribution < -0.4 is 10.6 Å². The second-order valence-corrected chi connectivity index (χ2v) is 11.0. The molecule has 2 N–H and O–H groups in total. The monoisotopic (exact) mass is 443 g/mol. The van der Waals surface area contributed by atoms with E-state index in [0.29, 0.717) is 31.0 Å². The summed E-state index contributed by atoms with van der Waals surface area (Å²) >= 11 is 1.66. The fourth-order valence-electron chi connectivity index (χ4n) is 3.93. The SMILES string of the molecule is CS(=O)(=O)N1CCC(c2ccc(Nc3nc(NC4CC4)c4sccc4n3)cc2)CC1. The molecule has 2 aliphatic rings. The first-order valence-corrected chi connectivity index (χ1v) is 13.0. The summed E-state index contributed by atoms with van der Waals surface area (Å²) in [6.07, 6.45) is 5.39.